The fraction of sp³-hybridized carbons (Fsp3) is 0.231. The average molecular weight is 288 g/mol. The van der Waals surface area contributed by atoms with Gasteiger partial charge in [-0.15, -0.1) is 0 Å². The van der Waals surface area contributed by atoms with E-state index in [4.69, 9.17) is 22.1 Å². The first kappa shape index (κ1) is 13.9. The van der Waals surface area contributed by atoms with Gasteiger partial charge in [-0.25, -0.2) is 0 Å². The molecule has 0 radical (unpaired) electrons. The van der Waals surface area contributed by atoms with E-state index in [1.54, 1.807) is 35.2 Å². The number of rotatable bonds is 3. The molecular weight excluding hydrogens is 278 g/mol. The quantitative estimate of drug-likeness (QED) is 0.682. The Labute approximate surface area is 120 Å². The summed E-state index contributed by atoms with van der Waals surface area (Å²) in [6.07, 6.45) is 1.37. The zero-order chi connectivity index (χ0) is 14.5. The van der Waals surface area contributed by atoms with Gasteiger partial charge in [-0.05, 0) is 24.6 Å². The molecule has 1 aliphatic rings. The second-order valence-electron chi connectivity index (χ2n) is 4.11. The third-order valence-corrected chi connectivity index (χ3v) is 3.16. The van der Waals surface area contributed by atoms with Gasteiger partial charge in [-0.2, -0.15) is 15.6 Å². The first-order chi connectivity index (χ1) is 9.65. The molecule has 7 heteroatoms. The zero-order valence-electron chi connectivity index (χ0n) is 10.4. The van der Waals surface area contributed by atoms with Crippen LogP contribution in [0.3, 0.4) is 0 Å². The Bertz CT molecular complexity index is 640. The molecule has 1 N–H and O–H groups in total. The summed E-state index contributed by atoms with van der Waals surface area (Å²) in [5.74, 6) is 0.0662. The fourth-order valence-electron chi connectivity index (χ4n) is 1.88. The van der Waals surface area contributed by atoms with E-state index in [1.165, 1.54) is 0 Å². The van der Waals surface area contributed by atoms with Crippen LogP contribution in [0.1, 0.15) is 12.8 Å². The van der Waals surface area contributed by atoms with Crippen LogP contribution < -0.4 is 10.3 Å². The summed E-state index contributed by atoms with van der Waals surface area (Å²) >= 11 is 6.01. The molecule has 0 atom stereocenters. The number of hydrogen-bond donors (Lipinski definition) is 1. The number of halogens is 1. The number of hydrogen-bond acceptors (Lipinski definition) is 5. The van der Waals surface area contributed by atoms with E-state index in [-0.39, 0.29) is 11.6 Å². The molecule has 1 aliphatic heterocycles. The van der Waals surface area contributed by atoms with Crippen molar-refractivity contribution in [2.24, 2.45) is 5.10 Å². The van der Waals surface area contributed by atoms with Crippen molar-refractivity contribution in [1.29, 1.82) is 10.5 Å². The van der Waals surface area contributed by atoms with E-state index in [9.17, 15) is 4.79 Å². The van der Waals surface area contributed by atoms with Crippen molar-refractivity contribution in [2.75, 3.05) is 16.9 Å². The molecular formula is C13H10ClN5O. The van der Waals surface area contributed by atoms with Gasteiger partial charge in [-0.1, -0.05) is 11.6 Å². The Morgan fingerprint density at radius 3 is 2.75 bits per heavy atom. The molecule has 0 bridgehead atoms. The minimum Gasteiger partial charge on any atom is -0.312 e. The first-order valence-electron chi connectivity index (χ1n) is 5.89. The minimum absolute atomic E-state index is 0.0662. The van der Waals surface area contributed by atoms with E-state index in [0.29, 0.717) is 29.4 Å². The molecule has 0 aliphatic carbocycles. The van der Waals surface area contributed by atoms with Crippen molar-refractivity contribution in [3.8, 4) is 12.1 Å². The SMILES string of the molecule is N#CC(C#N)=NNc1cc(N2CCCC2=O)ccc1Cl. The fourth-order valence-corrected chi connectivity index (χ4v) is 2.04. The van der Waals surface area contributed by atoms with Crippen molar-refractivity contribution >= 4 is 34.6 Å². The number of carbonyl (C=O) groups excluding carboxylic acids is 1. The summed E-state index contributed by atoms with van der Waals surface area (Å²) in [5, 5.41) is 21.2. The average Bonchev–Trinajstić information content (AvgIpc) is 2.88. The summed E-state index contributed by atoms with van der Waals surface area (Å²) in [5.41, 5.74) is 3.41. The lowest BCUT2D eigenvalue weighted by Crippen LogP contribution is -2.23. The van der Waals surface area contributed by atoms with Crippen molar-refractivity contribution in [3.63, 3.8) is 0 Å². The molecule has 20 heavy (non-hydrogen) atoms. The summed E-state index contributed by atoms with van der Waals surface area (Å²) in [6, 6.07) is 8.33. The van der Waals surface area contributed by atoms with Crippen LogP contribution in [0.5, 0.6) is 0 Å². The number of anilines is 2. The van der Waals surface area contributed by atoms with Crippen LogP contribution >= 0.6 is 11.6 Å². The lowest BCUT2D eigenvalue weighted by Gasteiger charge is -2.17. The molecule has 100 valence electrons. The molecule has 6 nitrogen and oxygen atoms in total. The highest BCUT2D eigenvalue weighted by Gasteiger charge is 2.22. The molecule has 0 unspecified atom stereocenters. The van der Waals surface area contributed by atoms with E-state index in [0.717, 1.165) is 6.42 Å². The molecule has 1 heterocycles. The van der Waals surface area contributed by atoms with Gasteiger partial charge in [0.15, 0.2) is 0 Å². The topological polar surface area (TPSA) is 92.3 Å². The van der Waals surface area contributed by atoms with E-state index in [1.807, 2.05) is 0 Å². The lowest BCUT2D eigenvalue weighted by atomic mass is 10.2. The van der Waals surface area contributed by atoms with Gasteiger partial charge in [0.25, 0.3) is 0 Å². The number of nitriles is 2. The second-order valence-corrected chi connectivity index (χ2v) is 4.52. The third-order valence-electron chi connectivity index (χ3n) is 2.83. The van der Waals surface area contributed by atoms with Crippen LogP contribution in [-0.2, 0) is 4.79 Å². The molecule has 0 spiro atoms. The zero-order valence-corrected chi connectivity index (χ0v) is 11.2. The molecule has 1 saturated heterocycles. The highest BCUT2D eigenvalue weighted by atomic mass is 35.5. The maximum atomic E-state index is 11.7. The van der Waals surface area contributed by atoms with Crippen molar-refractivity contribution < 1.29 is 4.79 Å². The first-order valence-corrected chi connectivity index (χ1v) is 6.27. The Balaban J connectivity index is 2.26. The normalized spacial score (nSPS) is 13.6. The molecule has 0 saturated carbocycles. The second kappa shape index (κ2) is 6.05. The van der Waals surface area contributed by atoms with Gasteiger partial charge < -0.3 is 4.90 Å². The standard InChI is InChI=1S/C13H10ClN5O/c14-11-4-3-10(19-5-1-2-13(19)20)6-12(11)18-17-9(7-15)8-16/h3-4,6,18H,1-2,5H2. The van der Waals surface area contributed by atoms with Crippen LogP contribution in [-0.4, -0.2) is 18.2 Å². The molecule has 2 rings (SSSR count). The van der Waals surface area contributed by atoms with Gasteiger partial charge in [0.1, 0.15) is 12.1 Å². The van der Waals surface area contributed by atoms with E-state index < -0.39 is 0 Å². The van der Waals surface area contributed by atoms with E-state index in [2.05, 4.69) is 10.5 Å². The number of nitrogens with one attached hydrogen (secondary N) is 1. The van der Waals surface area contributed by atoms with Gasteiger partial charge in [0.2, 0.25) is 11.6 Å². The van der Waals surface area contributed by atoms with Crippen molar-refractivity contribution in [3.05, 3.63) is 23.2 Å². The van der Waals surface area contributed by atoms with Crippen LogP contribution in [0, 0.1) is 22.7 Å². The molecule has 1 fully saturated rings. The largest absolute Gasteiger partial charge is 0.312 e. The number of benzene rings is 1. The minimum atomic E-state index is -0.302. The predicted octanol–water partition coefficient (Wildman–Crippen LogP) is 2.28. The highest BCUT2D eigenvalue weighted by molar-refractivity contribution is 6.33. The van der Waals surface area contributed by atoms with Gasteiger partial charge >= 0.3 is 0 Å². The highest BCUT2D eigenvalue weighted by Crippen LogP contribution is 2.29. The van der Waals surface area contributed by atoms with Crippen LogP contribution in [0.15, 0.2) is 23.3 Å². The summed E-state index contributed by atoms with van der Waals surface area (Å²) in [4.78, 5) is 13.4. The maximum absolute atomic E-state index is 11.7. The van der Waals surface area contributed by atoms with Crippen LogP contribution in [0.4, 0.5) is 11.4 Å². The van der Waals surface area contributed by atoms with Gasteiger partial charge in [0, 0.05) is 18.7 Å². The van der Waals surface area contributed by atoms with Crippen molar-refractivity contribution in [2.45, 2.75) is 12.8 Å². The summed E-state index contributed by atoms with van der Waals surface area (Å²) < 4.78 is 0. The third kappa shape index (κ3) is 2.87. The van der Waals surface area contributed by atoms with Crippen LogP contribution in [0.25, 0.3) is 0 Å². The Morgan fingerprint density at radius 2 is 2.15 bits per heavy atom. The molecule has 1 aromatic rings. The van der Waals surface area contributed by atoms with Gasteiger partial charge in [-0.3, -0.25) is 10.2 Å². The lowest BCUT2D eigenvalue weighted by molar-refractivity contribution is -0.117. The van der Waals surface area contributed by atoms with Crippen LogP contribution in [0.2, 0.25) is 5.02 Å². The molecule has 0 aromatic heterocycles. The van der Waals surface area contributed by atoms with E-state index >= 15 is 0 Å². The number of amides is 1. The summed E-state index contributed by atoms with van der Waals surface area (Å²) in [6.45, 7) is 0.671. The number of carbonyl (C=O) groups is 1. The van der Waals surface area contributed by atoms with Crippen molar-refractivity contribution in [1.82, 2.24) is 0 Å². The number of nitrogens with zero attached hydrogens (tertiary/aromatic N) is 4. The summed E-state index contributed by atoms with van der Waals surface area (Å²) in [7, 11) is 0. The maximum Gasteiger partial charge on any atom is 0.237 e. The molecule has 1 amide bonds. The molecule has 1 aromatic carbocycles. The van der Waals surface area contributed by atoms with Gasteiger partial charge in [0.05, 0.1) is 10.7 Å². The smallest absolute Gasteiger partial charge is 0.237 e. The monoisotopic (exact) mass is 287 g/mol. The Hall–Kier alpha value is -2.57. The Morgan fingerprint density at radius 1 is 1.40 bits per heavy atom. The number of hydrazone groups is 1. The Kier molecular flexibility index (Phi) is 4.19. The predicted molar refractivity (Wildman–Crippen MR) is 75.3 cm³/mol.